The first-order valence-corrected chi connectivity index (χ1v) is 11.6. The number of esters is 2. The number of hydrogen-bond acceptors (Lipinski definition) is 7. The number of hydrogen-bond donors (Lipinski definition) is 2. The number of aromatic hydroxyl groups is 2. The van der Waals surface area contributed by atoms with Gasteiger partial charge in [0.15, 0.2) is 18.3 Å². The molecule has 1 aromatic carbocycles. The summed E-state index contributed by atoms with van der Waals surface area (Å²) in [5, 5.41) is 19.1. The van der Waals surface area contributed by atoms with Crippen molar-refractivity contribution in [3.05, 3.63) is 23.8 Å². The van der Waals surface area contributed by atoms with Crippen LogP contribution in [-0.2, 0) is 30.2 Å². The molecule has 0 saturated carbocycles. The van der Waals surface area contributed by atoms with Gasteiger partial charge < -0.3 is 24.4 Å². The zero-order valence-corrected chi connectivity index (χ0v) is 21.5. The third-order valence-corrected chi connectivity index (χ3v) is 7.13. The average Bonchev–Trinajstić information content (AvgIpc) is 2.73. The van der Waals surface area contributed by atoms with Crippen LogP contribution in [0.3, 0.4) is 0 Å². The minimum Gasteiger partial charge on any atom is -0.504 e. The second kappa shape index (κ2) is 11.7. The quantitative estimate of drug-likeness (QED) is 0.188. The van der Waals surface area contributed by atoms with Gasteiger partial charge in [0.25, 0.3) is 0 Å². The molecule has 0 aliphatic heterocycles. The van der Waals surface area contributed by atoms with E-state index in [2.05, 4.69) is 0 Å². The van der Waals surface area contributed by atoms with Crippen molar-refractivity contribution >= 4 is 11.9 Å². The molecule has 2 atom stereocenters. The maximum absolute atomic E-state index is 13.1. The molecule has 188 valence electrons. The molecule has 0 fully saturated rings. The lowest BCUT2D eigenvalue weighted by molar-refractivity contribution is -0.177. The Morgan fingerprint density at radius 2 is 1.58 bits per heavy atom. The van der Waals surface area contributed by atoms with Crippen molar-refractivity contribution in [2.75, 3.05) is 20.0 Å². The molecular weight excluding hydrogens is 424 g/mol. The summed E-state index contributed by atoms with van der Waals surface area (Å²) in [6.45, 7) is 16.0. The van der Waals surface area contributed by atoms with Gasteiger partial charge in [-0.15, -0.1) is 0 Å². The minimum absolute atomic E-state index is 0.00798. The average molecular weight is 467 g/mol. The van der Waals surface area contributed by atoms with E-state index in [-0.39, 0.29) is 48.2 Å². The van der Waals surface area contributed by atoms with E-state index in [4.69, 9.17) is 14.2 Å². The topological polar surface area (TPSA) is 102 Å². The number of carbonyl (C=O) groups excluding carboxylic acids is 2. The predicted molar refractivity (Wildman–Crippen MR) is 127 cm³/mol. The Morgan fingerprint density at radius 1 is 0.939 bits per heavy atom. The number of phenolic OH excluding ortho intramolecular Hbond substituents is 2. The largest absolute Gasteiger partial charge is 0.504 e. The molecule has 7 nitrogen and oxygen atoms in total. The molecule has 0 bridgehead atoms. The van der Waals surface area contributed by atoms with Gasteiger partial charge in [-0.1, -0.05) is 40.7 Å². The lowest BCUT2D eigenvalue weighted by Gasteiger charge is -2.42. The van der Waals surface area contributed by atoms with Gasteiger partial charge in [-0.25, -0.2) is 0 Å². The van der Waals surface area contributed by atoms with Crippen LogP contribution >= 0.6 is 0 Å². The van der Waals surface area contributed by atoms with E-state index in [9.17, 15) is 19.8 Å². The van der Waals surface area contributed by atoms with Gasteiger partial charge in [-0.2, -0.15) is 0 Å². The molecule has 0 saturated heterocycles. The first-order chi connectivity index (χ1) is 15.2. The van der Waals surface area contributed by atoms with Gasteiger partial charge in [0.05, 0.1) is 17.4 Å². The van der Waals surface area contributed by atoms with Crippen molar-refractivity contribution in [1.29, 1.82) is 0 Å². The first kappa shape index (κ1) is 28.8. The van der Waals surface area contributed by atoms with Gasteiger partial charge in [0.1, 0.15) is 0 Å². The lowest BCUT2D eigenvalue weighted by atomic mass is 9.62. The summed E-state index contributed by atoms with van der Waals surface area (Å²) in [7, 11) is 0. The summed E-state index contributed by atoms with van der Waals surface area (Å²) in [5.74, 6) is -1.06. The van der Waals surface area contributed by atoms with E-state index in [1.54, 1.807) is 6.07 Å². The highest BCUT2D eigenvalue weighted by Gasteiger charge is 2.48. The van der Waals surface area contributed by atoms with E-state index >= 15 is 0 Å². The van der Waals surface area contributed by atoms with Crippen molar-refractivity contribution in [3.63, 3.8) is 0 Å². The fraction of sp³-hybridized carbons (Fsp3) is 0.692. The fourth-order valence-electron chi connectivity index (χ4n) is 3.41. The Bertz CT molecular complexity index is 796. The van der Waals surface area contributed by atoms with Crippen LogP contribution in [0.15, 0.2) is 18.2 Å². The molecule has 0 spiro atoms. The van der Waals surface area contributed by atoms with E-state index in [1.807, 2.05) is 55.4 Å². The van der Waals surface area contributed by atoms with Gasteiger partial charge in [0, 0.05) is 13.0 Å². The van der Waals surface area contributed by atoms with Crippen LogP contribution in [0.2, 0.25) is 0 Å². The molecule has 0 aromatic heterocycles. The van der Waals surface area contributed by atoms with Crippen LogP contribution in [0.25, 0.3) is 0 Å². The van der Waals surface area contributed by atoms with Crippen molar-refractivity contribution in [2.24, 2.45) is 22.2 Å². The zero-order chi connectivity index (χ0) is 25.4. The normalized spacial score (nSPS) is 15.5. The highest BCUT2D eigenvalue weighted by molar-refractivity contribution is 5.78. The summed E-state index contributed by atoms with van der Waals surface area (Å²) in [5.41, 5.74) is -1.24. The molecule has 1 aromatic rings. The molecule has 0 radical (unpaired) electrons. The molecule has 0 heterocycles. The second-order valence-electron chi connectivity index (χ2n) is 10.4. The maximum atomic E-state index is 13.1. The number of benzene rings is 1. The summed E-state index contributed by atoms with van der Waals surface area (Å²) < 4.78 is 16.2. The Morgan fingerprint density at radius 3 is 2.09 bits per heavy atom. The van der Waals surface area contributed by atoms with Gasteiger partial charge >= 0.3 is 11.9 Å². The van der Waals surface area contributed by atoms with Crippen molar-refractivity contribution in [1.82, 2.24) is 0 Å². The third kappa shape index (κ3) is 7.36. The van der Waals surface area contributed by atoms with Crippen molar-refractivity contribution in [3.8, 4) is 11.5 Å². The second-order valence-corrected chi connectivity index (χ2v) is 10.4. The van der Waals surface area contributed by atoms with Gasteiger partial charge in [-0.05, 0) is 62.6 Å². The zero-order valence-electron chi connectivity index (χ0n) is 21.5. The highest BCUT2D eigenvalue weighted by Crippen LogP contribution is 2.47. The van der Waals surface area contributed by atoms with Crippen LogP contribution < -0.4 is 0 Å². The fourth-order valence-corrected chi connectivity index (χ4v) is 3.41. The van der Waals surface area contributed by atoms with Crippen LogP contribution in [-0.4, -0.2) is 42.2 Å². The monoisotopic (exact) mass is 466 g/mol. The highest BCUT2D eigenvalue weighted by atomic mass is 16.7. The van der Waals surface area contributed by atoms with Gasteiger partial charge in [0.2, 0.25) is 0 Å². The molecule has 0 aliphatic carbocycles. The molecule has 0 amide bonds. The standard InChI is InChI=1S/C26H42O7/c1-9-31-17-33-23(30)26(8,24(4,5)6)14-13-25(7,18(2)3)22(29)32-15-12-19-10-11-20(27)21(28)16-19/h10-11,16,18,27-28H,9,12-15,17H2,1-8H3. The Balaban J connectivity index is 2.89. The Hall–Kier alpha value is -2.28. The molecule has 2 N–H and O–H groups in total. The van der Waals surface area contributed by atoms with Crippen molar-refractivity contribution in [2.45, 2.75) is 74.7 Å². The molecular formula is C26H42O7. The summed E-state index contributed by atoms with van der Waals surface area (Å²) in [6.07, 6.45) is 1.33. The SMILES string of the molecule is CCOCOC(=O)C(C)(CCC(C)(C(=O)OCCc1ccc(O)c(O)c1)C(C)C)C(C)(C)C. The minimum atomic E-state index is -0.815. The van der Waals surface area contributed by atoms with E-state index < -0.39 is 10.8 Å². The molecule has 0 aliphatic rings. The van der Waals surface area contributed by atoms with Crippen LogP contribution in [0.1, 0.15) is 73.8 Å². The number of carbonyl (C=O) groups is 2. The van der Waals surface area contributed by atoms with E-state index in [1.165, 1.54) is 12.1 Å². The van der Waals surface area contributed by atoms with Gasteiger partial charge in [-0.3, -0.25) is 9.59 Å². The maximum Gasteiger partial charge on any atom is 0.314 e. The predicted octanol–water partition coefficient (Wildman–Crippen LogP) is 5.22. The first-order valence-electron chi connectivity index (χ1n) is 11.6. The molecule has 33 heavy (non-hydrogen) atoms. The summed E-state index contributed by atoms with van der Waals surface area (Å²) in [6, 6.07) is 4.53. The Labute approximate surface area is 198 Å². The smallest absolute Gasteiger partial charge is 0.314 e. The summed E-state index contributed by atoms with van der Waals surface area (Å²) in [4.78, 5) is 26.1. The van der Waals surface area contributed by atoms with Crippen LogP contribution in [0.4, 0.5) is 0 Å². The Kier molecular flexibility index (Phi) is 10.2. The molecule has 7 heteroatoms. The van der Waals surface area contributed by atoms with E-state index in [0.29, 0.717) is 25.9 Å². The van der Waals surface area contributed by atoms with Crippen molar-refractivity contribution < 1.29 is 34.0 Å². The number of rotatable bonds is 12. The number of phenols is 2. The van der Waals surface area contributed by atoms with E-state index in [0.717, 1.165) is 5.56 Å². The summed E-state index contributed by atoms with van der Waals surface area (Å²) >= 11 is 0. The van der Waals surface area contributed by atoms with Crippen LogP contribution in [0.5, 0.6) is 11.5 Å². The number of ether oxygens (including phenoxy) is 3. The lowest BCUT2D eigenvalue weighted by Crippen LogP contribution is -2.44. The molecule has 1 rings (SSSR count). The third-order valence-electron chi connectivity index (χ3n) is 7.13. The van der Waals surface area contributed by atoms with Crippen LogP contribution in [0, 0.1) is 22.2 Å². The molecule has 2 unspecified atom stereocenters.